The van der Waals surface area contributed by atoms with Crippen LogP contribution in [0, 0.1) is 11.7 Å². The van der Waals surface area contributed by atoms with Crippen molar-refractivity contribution in [2.24, 2.45) is 5.92 Å². The van der Waals surface area contributed by atoms with Gasteiger partial charge in [-0.1, -0.05) is 13.8 Å². The van der Waals surface area contributed by atoms with E-state index in [0.717, 1.165) is 6.54 Å². The lowest BCUT2D eigenvalue weighted by atomic mass is 10.2. The Bertz CT molecular complexity index is 439. The minimum absolute atomic E-state index is 0.157. The molecule has 1 aromatic heterocycles. The van der Waals surface area contributed by atoms with Gasteiger partial charge in [-0.15, -0.1) is 0 Å². The second-order valence-electron chi connectivity index (χ2n) is 5.75. The number of morpholine rings is 1. The van der Waals surface area contributed by atoms with Gasteiger partial charge in [0.05, 0.1) is 19.3 Å². The fraction of sp³-hybridized carbons (Fsp3) is 0.667. The zero-order chi connectivity index (χ0) is 14.5. The van der Waals surface area contributed by atoms with Gasteiger partial charge in [-0.05, 0) is 25.5 Å². The first kappa shape index (κ1) is 15.2. The summed E-state index contributed by atoms with van der Waals surface area (Å²) in [6.07, 6.45) is 1.69. The summed E-state index contributed by atoms with van der Waals surface area (Å²) >= 11 is 0. The monoisotopic (exact) mass is 281 g/mol. The number of hydrogen-bond donors (Lipinski definition) is 1. The Morgan fingerprint density at radius 3 is 3.05 bits per heavy atom. The van der Waals surface area contributed by atoms with E-state index in [1.165, 1.54) is 0 Å². The molecule has 112 valence electrons. The Morgan fingerprint density at radius 1 is 1.55 bits per heavy atom. The van der Waals surface area contributed by atoms with Crippen LogP contribution in [0.4, 0.5) is 10.2 Å². The van der Waals surface area contributed by atoms with Crippen LogP contribution in [-0.2, 0) is 11.3 Å². The van der Waals surface area contributed by atoms with Crippen LogP contribution < -0.4 is 10.2 Å². The molecule has 0 radical (unpaired) electrons. The van der Waals surface area contributed by atoms with Gasteiger partial charge in [0.2, 0.25) is 0 Å². The molecule has 1 N–H and O–H groups in total. The van der Waals surface area contributed by atoms with Crippen molar-refractivity contribution >= 4 is 5.82 Å². The third-order valence-corrected chi connectivity index (χ3v) is 3.46. The van der Waals surface area contributed by atoms with E-state index in [1.807, 2.05) is 11.8 Å². The smallest absolute Gasteiger partial charge is 0.170 e. The SMILES string of the molecule is CC(C)CNCc1ccnc(N2CCOCC2C)c1F. The molecule has 0 aromatic carbocycles. The Hall–Kier alpha value is -1.20. The molecule has 4 nitrogen and oxygen atoms in total. The van der Waals surface area contributed by atoms with E-state index in [2.05, 4.69) is 24.1 Å². The van der Waals surface area contributed by atoms with Crippen LogP contribution in [0.2, 0.25) is 0 Å². The fourth-order valence-corrected chi connectivity index (χ4v) is 2.35. The molecule has 0 aliphatic carbocycles. The molecule has 1 fully saturated rings. The summed E-state index contributed by atoms with van der Waals surface area (Å²) in [6.45, 7) is 9.66. The lowest BCUT2D eigenvalue weighted by molar-refractivity contribution is 0.0981. The van der Waals surface area contributed by atoms with Crippen molar-refractivity contribution in [2.75, 3.05) is 31.2 Å². The quantitative estimate of drug-likeness (QED) is 0.898. The van der Waals surface area contributed by atoms with E-state index in [-0.39, 0.29) is 11.9 Å². The third kappa shape index (κ3) is 3.67. The maximum Gasteiger partial charge on any atom is 0.170 e. The molecular weight excluding hydrogens is 257 g/mol. The van der Waals surface area contributed by atoms with Gasteiger partial charge in [-0.3, -0.25) is 0 Å². The fourth-order valence-electron chi connectivity index (χ4n) is 2.35. The predicted octanol–water partition coefficient (Wildman–Crippen LogP) is 2.19. The topological polar surface area (TPSA) is 37.4 Å². The molecule has 1 saturated heterocycles. The number of halogens is 1. The molecule has 0 saturated carbocycles. The van der Waals surface area contributed by atoms with Crippen LogP contribution in [0.3, 0.4) is 0 Å². The highest BCUT2D eigenvalue weighted by Crippen LogP contribution is 2.23. The summed E-state index contributed by atoms with van der Waals surface area (Å²) in [4.78, 5) is 6.21. The van der Waals surface area contributed by atoms with Gasteiger partial charge in [0.1, 0.15) is 0 Å². The minimum Gasteiger partial charge on any atom is -0.377 e. The van der Waals surface area contributed by atoms with Gasteiger partial charge in [0, 0.05) is 24.8 Å². The predicted molar refractivity (Wildman–Crippen MR) is 78.4 cm³/mol. The van der Waals surface area contributed by atoms with Gasteiger partial charge < -0.3 is 15.0 Å². The average Bonchev–Trinajstić information content (AvgIpc) is 2.41. The molecule has 0 amide bonds. The number of nitrogens with zero attached hydrogens (tertiary/aromatic N) is 2. The van der Waals surface area contributed by atoms with E-state index in [4.69, 9.17) is 4.74 Å². The number of nitrogens with one attached hydrogen (secondary N) is 1. The summed E-state index contributed by atoms with van der Waals surface area (Å²) < 4.78 is 20.0. The first-order valence-electron chi connectivity index (χ1n) is 7.28. The molecule has 1 unspecified atom stereocenters. The van der Waals surface area contributed by atoms with Crippen molar-refractivity contribution in [3.05, 3.63) is 23.6 Å². The maximum atomic E-state index is 14.6. The van der Waals surface area contributed by atoms with Crippen molar-refractivity contribution in [1.82, 2.24) is 10.3 Å². The van der Waals surface area contributed by atoms with Crippen molar-refractivity contribution in [3.63, 3.8) is 0 Å². The van der Waals surface area contributed by atoms with Crippen LogP contribution in [0.5, 0.6) is 0 Å². The van der Waals surface area contributed by atoms with E-state index < -0.39 is 0 Å². The number of pyridine rings is 1. The highest BCUT2D eigenvalue weighted by molar-refractivity contribution is 5.44. The van der Waals surface area contributed by atoms with Gasteiger partial charge in [0.15, 0.2) is 11.6 Å². The minimum atomic E-state index is -0.211. The summed E-state index contributed by atoms with van der Waals surface area (Å²) in [6, 6.07) is 1.90. The highest BCUT2D eigenvalue weighted by Gasteiger charge is 2.24. The molecule has 0 spiro atoms. The largest absolute Gasteiger partial charge is 0.377 e. The van der Waals surface area contributed by atoms with E-state index in [1.54, 1.807) is 12.3 Å². The molecule has 2 heterocycles. The standard InChI is InChI=1S/C15H24FN3O/c1-11(2)8-17-9-13-4-5-18-15(14(13)16)19-6-7-20-10-12(19)3/h4-5,11-12,17H,6-10H2,1-3H3. The van der Waals surface area contributed by atoms with E-state index in [0.29, 0.717) is 43.6 Å². The van der Waals surface area contributed by atoms with Gasteiger partial charge in [-0.2, -0.15) is 0 Å². The second kappa shape index (κ2) is 6.99. The molecular formula is C15H24FN3O. The summed E-state index contributed by atoms with van der Waals surface area (Å²) in [5.41, 5.74) is 0.675. The van der Waals surface area contributed by atoms with Crippen molar-refractivity contribution < 1.29 is 9.13 Å². The van der Waals surface area contributed by atoms with E-state index >= 15 is 0 Å². The molecule has 1 atom stereocenters. The summed E-state index contributed by atoms with van der Waals surface area (Å²) in [5.74, 6) is 0.792. The van der Waals surface area contributed by atoms with Crippen molar-refractivity contribution in [2.45, 2.75) is 33.4 Å². The molecule has 20 heavy (non-hydrogen) atoms. The van der Waals surface area contributed by atoms with Crippen LogP contribution >= 0.6 is 0 Å². The Kier molecular flexibility index (Phi) is 5.31. The normalized spacial score (nSPS) is 19.6. The molecule has 1 aliphatic rings. The van der Waals surface area contributed by atoms with Crippen LogP contribution in [0.15, 0.2) is 12.3 Å². The zero-order valence-electron chi connectivity index (χ0n) is 12.5. The van der Waals surface area contributed by atoms with Gasteiger partial charge in [0.25, 0.3) is 0 Å². The van der Waals surface area contributed by atoms with Crippen molar-refractivity contribution in [3.8, 4) is 0 Å². The van der Waals surface area contributed by atoms with E-state index in [9.17, 15) is 4.39 Å². The second-order valence-corrected chi connectivity index (χ2v) is 5.75. The van der Waals surface area contributed by atoms with Gasteiger partial charge in [-0.25, -0.2) is 9.37 Å². The summed E-state index contributed by atoms with van der Waals surface area (Å²) in [7, 11) is 0. The molecule has 5 heteroatoms. The maximum absolute atomic E-state index is 14.6. The third-order valence-electron chi connectivity index (χ3n) is 3.46. The first-order chi connectivity index (χ1) is 9.59. The molecule has 0 bridgehead atoms. The van der Waals surface area contributed by atoms with Crippen molar-refractivity contribution in [1.29, 1.82) is 0 Å². The number of hydrogen-bond acceptors (Lipinski definition) is 4. The molecule has 1 aliphatic heterocycles. The highest BCUT2D eigenvalue weighted by atomic mass is 19.1. The summed E-state index contributed by atoms with van der Waals surface area (Å²) in [5, 5.41) is 3.27. The lowest BCUT2D eigenvalue weighted by Gasteiger charge is -2.34. The number of aromatic nitrogens is 1. The Morgan fingerprint density at radius 2 is 2.35 bits per heavy atom. The Balaban J connectivity index is 2.10. The number of anilines is 1. The number of rotatable bonds is 5. The van der Waals surface area contributed by atoms with Crippen LogP contribution in [0.25, 0.3) is 0 Å². The Labute approximate surface area is 120 Å². The zero-order valence-corrected chi connectivity index (χ0v) is 12.5. The average molecular weight is 281 g/mol. The molecule has 1 aromatic rings. The molecule has 2 rings (SSSR count). The lowest BCUT2D eigenvalue weighted by Crippen LogP contribution is -2.44. The van der Waals surface area contributed by atoms with Crippen LogP contribution in [0.1, 0.15) is 26.3 Å². The first-order valence-corrected chi connectivity index (χ1v) is 7.28. The number of ether oxygens (including phenoxy) is 1. The van der Waals surface area contributed by atoms with Crippen LogP contribution in [-0.4, -0.2) is 37.3 Å². The van der Waals surface area contributed by atoms with Gasteiger partial charge >= 0.3 is 0 Å².